The Morgan fingerprint density at radius 2 is 2.06 bits per heavy atom. The first-order valence-corrected chi connectivity index (χ1v) is 6.28. The fraction of sp³-hybridized carbons (Fsp3) is 0.462. The smallest absolute Gasteiger partial charge is 0.241 e. The van der Waals surface area contributed by atoms with Crippen LogP contribution in [0.2, 0.25) is 0 Å². The van der Waals surface area contributed by atoms with Gasteiger partial charge in [0.05, 0.1) is 7.11 Å². The second-order valence-electron chi connectivity index (χ2n) is 4.28. The van der Waals surface area contributed by atoms with E-state index in [9.17, 15) is 4.79 Å². The Hall–Kier alpha value is -1.22. The molecular weight excluding hydrogens is 238 g/mol. The summed E-state index contributed by atoms with van der Waals surface area (Å²) < 4.78 is 5.10. The van der Waals surface area contributed by atoms with Crippen LogP contribution >= 0.6 is 11.6 Å². The number of ether oxygens (including phenoxy) is 1. The number of nitrogens with zero attached hydrogens (tertiary/aromatic N) is 1. The standard InChI is InChI=1S/C13H16ClNO2/c1-17-12-6-4-11(5-7-12)15(13(16)8-14)9-10-2-3-10/h4-7,10H,2-3,8-9H2,1H3. The molecule has 3 nitrogen and oxygen atoms in total. The van der Waals surface area contributed by atoms with Gasteiger partial charge in [-0.25, -0.2) is 0 Å². The lowest BCUT2D eigenvalue weighted by Crippen LogP contribution is -2.33. The number of rotatable bonds is 5. The molecule has 0 N–H and O–H groups in total. The highest BCUT2D eigenvalue weighted by Crippen LogP contribution is 2.32. The third-order valence-corrected chi connectivity index (χ3v) is 3.17. The molecule has 0 unspecified atom stereocenters. The predicted octanol–water partition coefficient (Wildman–Crippen LogP) is 2.68. The van der Waals surface area contributed by atoms with Gasteiger partial charge in [-0.3, -0.25) is 4.79 Å². The molecule has 0 radical (unpaired) electrons. The lowest BCUT2D eigenvalue weighted by molar-refractivity contribution is -0.116. The SMILES string of the molecule is COc1ccc(N(CC2CC2)C(=O)CCl)cc1. The Bertz CT molecular complexity index is 387. The van der Waals surface area contributed by atoms with Crippen molar-refractivity contribution in [2.24, 2.45) is 5.92 Å². The largest absolute Gasteiger partial charge is 0.497 e. The summed E-state index contributed by atoms with van der Waals surface area (Å²) >= 11 is 5.64. The zero-order valence-corrected chi connectivity index (χ0v) is 10.6. The third kappa shape index (κ3) is 3.13. The van der Waals surface area contributed by atoms with Crippen LogP contribution in [-0.4, -0.2) is 25.4 Å². The normalized spacial score (nSPS) is 14.5. The molecule has 1 fully saturated rings. The van der Waals surface area contributed by atoms with Crippen molar-refractivity contribution in [2.75, 3.05) is 24.4 Å². The van der Waals surface area contributed by atoms with Crippen LogP contribution in [0.1, 0.15) is 12.8 Å². The van der Waals surface area contributed by atoms with E-state index in [4.69, 9.17) is 16.3 Å². The topological polar surface area (TPSA) is 29.5 Å². The summed E-state index contributed by atoms with van der Waals surface area (Å²) in [5.74, 6) is 1.42. The van der Waals surface area contributed by atoms with Crippen molar-refractivity contribution in [3.05, 3.63) is 24.3 Å². The summed E-state index contributed by atoms with van der Waals surface area (Å²) in [7, 11) is 1.63. The second-order valence-corrected chi connectivity index (χ2v) is 4.55. The van der Waals surface area contributed by atoms with E-state index in [1.807, 2.05) is 24.3 Å². The lowest BCUT2D eigenvalue weighted by Gasteiger charge is -2.22. The van der Waals surface area contributed by atoms with Crippen molar-refractivity contribution in [3.63, 3.8) is 0 Å². The first-order chi connectivity index (χ1) is 8.24. The first-order valence-electron chi connectivity index (χ1n) is 5.75. The molecule has 92 valence electrons. The van der Waals surface area contributed by atoms with Crippen molar-refractivity contribution in [2.45, 2.75) is 12.8 Å². The molecule has 1 aromatic rings. The van der Waals surface area contributed by atoms with E-state index in [0.717, 1.165) is 18.0 Å². The summed E-state index contributed by atoms with van der Waals surface area (Å²) in [5, 5.41) is 0. The quantitative estimate of drug-likeness (QED) is 0.755. The fourth-order valence-corrected chi connectivity index (χ4v) is 1.89. The first kappa shape index (κ1) is 12.2. The van der Waals surface area contributed by atoms with E-state index in [0.29, 0.717) is 5.92 Å². The summed E-state index contributed by atoms with van der Waals surface area (Å²) in [6.45, 7) is 0.776. The summed E-state index contributed by atoms with van der Waals surface area (Å²) in [4.78, 5) is 13.6. The van der Waals surface area contributed by atoms with Gasteiger partial charge in [0.2, 0.25) is 5.91 Å². The van der Waals surface area contributed by atoms with Crippen LogP contribution in [0.25, 0.3) is 0 Å². The van der Waals surface area contributed by atoms with Gasteiger partial charge in [0, 0.05) is 12.2 Å². The zero-order valence-electron chi connectivity index (χ0n) is 9.86. The van der Waals surface area contributed by atoms with Crippen LogP contribution in [0, 0.1) is 5.92 Å². The van der Waals surface area contributed by atoms with Gasteiger partial charge in [0.25, 0.3) is 0 Å². The third-order valence-electron chi connectivity index (χ3n) is 2.94. The number of methoxy groups -OCH3 is 1. The molecule has 1 amide bonds. The molecule has 1 aliphatic carbocycles. The van der Waals surface area contributed by atoms with E-state index in [1.165, 1.54) is 12.8 Å². The molecule has 1 aliphatic rings. The Morgan fingerprint density at radius 3 is 2.53 bits per heavy atom. The minimum absolute atomic E-state index is 0.0265. The van der Waals surface area contributed by atoms with Gasteiger partial charge in [-0.05, 0) is 43.0 Å². The number of amides is 1. The van der Waals surface area contributed by atoms with Gasteiger partial charge in [0.1, 0.15) is 11.6 Å². The van der Waals surface area contributed by atoms with Crippen LogP contribution in [0.5, 0.6) is 5.75 Å². The minimum Gasteiger partial charge on any atom is -0.497 e. The Kier molecular flexibility index (Phi) is 3.89. The molecule has 0 bridgehead atoms. The molecule has 4 heteroatoms. The summed E-state index contributed by atoms with van der Waals surface area (Å²) in [6.07, 6.45) is 2.42. The molecular formula is C13H16ClNO2. The second kappa shape index (κ2) is 5.41. The highest BCUT2D eigenvalue weighted by Gasteiger charge is 2.27. The van der Waals surface area contributed by atoms with Gasteiger partial charge in [0.15, 0.2) is 0 Å². The molecule has 0 aromatic heterocycles. The fourth-order valence-electron chi connectivity index (χ4n) is 1.74. The molecule has 2 rings (SSSR count). The Morgan fingerprint density at radius 1 is 1.41 bits per heavy atom. The number of alkyl halides is 1. The number of benzene rings is 1. The van der Waals surface area contributed by atoms with Crippen molar-refractivity contribution in [1.82, 2.24) is 0 Å². The maximum Gasteiger partial charge on any atom is 0.241 e. The van der Waals surface area contributed by atoms with Gasteiger partial charge >= 0.3 is 0 Å². The number of hydrogen-bond acceptors (Lipinski definition) is 2. The van der Waals surface area contributed by atoms with Crippen LogP contribution in [0.3, 0.4) is 0 Å². The maximum atomic E-state index is 11.8. The van der Waals surface area contributed by atoms with Crippen LogP contribution in [-0.2, 0) is 4.79 Å². The van der Waals surface area contributed by atoms with Crippen molar-refractivity contribution in [1.29, 1.82) is 0 Å². The number of carbonyl (C=O) groups is 1. The Labute approximate surface area is 106 Å². The van der Waals surface area contributed by atoms with E-state index in [1.54, 1.807) is 12.0 Å². The number of hydrogen-bond donors (Lipinski definition) is 0. The molecule has 1 saturated carbocycles. The average Bonchev–Trinajstić information content (AvgIpc) is 3.19. The summed E-state index contributed by atoms with van der Waals surface area (Å²) in [5.41, 5.74) is 0.892. The predicted molar refractivity (Wildman–Crippen MR) is 68.8 cm³/mol. The van der Waals surface area contributed by atoms with Gasteiger partial charge in [-0.2, -0.15) is 0 Å². The van der Waals surface area contributed by atoms with E-state index >= 15 is 0 Å². The van der Waals surface area contributed by atoms with E-state index in [-0.39, 0.29) is 11.8 Å². The Balaban J connectivity index is 2.14. The van der Waals surface area contributed by atoms with Crippen LogP contribution in [0.15, 0.2) is 24.3 Å². The highest BCUT2D eigenvalue weighted by atomic mass is 35.5. The van der Waals surface area contributed by atoms with E-state index in [2.05, 4.69) is 0 Å². The van der Waals surface area contributed by atoms with Crippen molar-refractivity contribution in [3.8, 4) is 5.75 Å². The molecule has 1 aromatic carbocycles. The number of halogens is 1. The van der Waals surface area contributed by atoms with Crippen molar-refractivity contribution >= 4 is 23.2 Å². The van der Waals surface area contributed by atoms with Gasteiger partial charge < -0.3 is 9.64 Å². The lowest BCUT2D eigenvalue weighted by atomic mass is 10.2. The number of carbonyl (C=O) groups excluding carboxylic acids is 1. The van der Waals surface area contributed by atoms with Crippen molar-refractivity contribution < 1.29 is 9.53 Å². The highest BCUT2D eigenvalue weighted by molar-refractivity contribution is 6.29. The zero-order chi connectivity index (χ0) is 12.3. The molecule has 0 aliphatic heterocycles. The van der Waals surface area contributed by atoms with Gasteiger partial charge in [-0.1, -0.05) is 0 Å². The molecule has 0 heterocycles. The molecule has 17 heavy (non-hydrogen) atoms. The summed E-state index contributed by atoms with van der Waals surface area (Å²) in [6, 6.07) is 7.50. The molecule has 0 atom stereocenters. The molecule has 0 saturated heterocycles. The van der Waals surface area contributed by atoms with E-state index < -0.39 is 0 Å². The van der Waals surface area contributed by atoms with Crippen LogP contribution in [0.4, 0.5) is 5.69 Å². The van der Waals surface area contributed by atoms with Crippen LogP contribution < -0.4 is 9.64 Å². The minimum atomic E-state index is -0.0382. The maximum absolute atomic E-state index is 11.8. The van der Waals surface area contributed by atoms with Gasteiger partial charge in [-0.15, -0.1) is 11.6 Å². The number of anilines is 1. The molecule has 0 spiro atoms. The average molecular weight is 254 g/mol. The monoisotopic (exact) mass is 253 g/mol.